The first-order valence-electron chi connectivity index (χ1n) is 4.85. The number of nitrogens with one attached hydrogen (secondary N) is 2. The Morgan fingerprint density at radius 1 is 1.65 bits per heavy atom. The minimum absolute atomic E-state index is 0.0169. The van der Waals surface area contributed by atoms with Crippen LogP contribution in [0.1, 0.15) is 6.42 Å². The summed E-state index contributed by atoms with van der Waals surface area (Å²) in [6.45, 7) is 0.0760. The van der Waals surface area contributed by atoms with Crippen LogP contribution in [0.25, 0.3) is 0 Å². The average Bonchev–Trinajstić information content (AvgIpc) is 2.72. The Kier molecular flexibility index (Phi) is 4.07. The van der Waals surface area contributed by atoms with Crippen LogP contribution in [0.2, 0.25) is 0 Å². The van der Waals surface area contributed by atoms with Gasteiger partial charge >= 0.3 is 0 Å². The molecule has 0 unspecified atom stereocenters. The molecule has 17 heavy (non-hydrogen) atoms. The highest BCUT2D eigenvalue weighted by molar-refractivity contribution is 7.89. The standard InChI is InChI=1S/C8H15N5O3S/c1-10-7(14)3-4-13(2)17(15,16)6-5-11-12-8(6)9/h5H,3-4H2,1-2H3,(H,10,14)(H3,9,11,12). The van der Waals surface area contributed by atoms with E-state index in [2.05, 4.69) is 15.5 Å². The third-order valence-electron chi connectivity index (χ3n) is 2.25. The van der Waals surface area contributed by atoms with Gasteiger partial charge in [0.2, 0.25) is 15.9 Å². The minimum atomic E-state index is -3.70. The summed E-state index contributed by atoms with van der Waals surface area (Å²) in [5.41, 5.74) is 5.44. The van der Waals surface area contributed by atoms with Gasteiger partial charge in [0, 0.05) is 27.1 Å². The number of aromatic amines is 1. The summed E-state index contributed by atoms with van der Waals surface area (Å²) in [6, 6.07) is 0. The highest BCUT2D eigenvalue weighted by atomic mass is 32.2. The minimum Gasteiger partial charge on any atom is -0.383 e. The molecule has 9 heteroatoms. The number of nitrogens with two attached hydrogens (primary N) is 1. The molecule has 96 valence electrons. The molecular weight excluding hydrogens is 246 g/mol. The summed E-state index contributed by atoms with van der Waals surface area (Å²) in [4.78, 5) is 10.9. The molecule has 1 heterocycles. The maximum absolute atomic E-state index is 12.0. The Morgan fingerprint density at radius 3 is 2.76 bits per heavy atom. The van der Waals surface area contributed by atoms with Crippen molar-refractivity contribution in [3.05, 3.63) is 6.20 Å². The van der Waals surface area contributed by atoms with E-state index in [4.69, 9.17) is 5.73 Å². The van der Waals surface area contributed by atoms with Crippen molar-refractivity contribution in [3.8, 4) is 0 Å². The highest BCUT2D eigenvalue weighted by Gasteiger charge is 2.24. The molecule has 0 bridgehead atoms. The number of H-pyrrole nitrogens is 1. The van der Waals surface area contributed by atoms with Gasteiger partial charge in [0.05, 0.1) is 6.20 Å². The molecule has 0 atom stereocenters. The van der Waals surface area contributed by atoms with Crippen LogP contribution in [0.4, 0.5) is 5.82 Å². The Labute approximate surface area is 99.2 Å². The Bertz CT molecular complexity index is 495. The Hall–Kier alpha value is -1.61. The van der Waals surface area contributed by atoms with E-state index in [-0.39, 0.29) is 29.6 Å². The molecule has 1 aromatic heterocycles. The molecule has 0 fully saturated rings. The number of anilines is 1. The number of sulfonamides is 1. The fourth-order valence-electron chi connectivity index (χ4n) is 1.16. The lowest BCUT2D eigenvalue weighted by Crippen LogP contribution is -2.31. The lowest BCUT2D eigenvalue weighted by Gasteiger charge is -2.15. The number of nitrogens with zero attached hydrogens (tertiary/aromatic N) is 2. The first kappa shape index (κ1) is 13.5. The molecule has 0 saturated carbocycles. The van der Waals surface area contributed by atoms with Crippen molar-refractivity contribution in [1.29, 1.82) is 0 Å². The van der Waals surface area contributed by atoms with Crippen LogP contribution in [-0.2, 0) is 14.8 Å². The van der Waals surface area contributed by atoms with Crippen molar-refractivity contribution in [2.75, 3.05) is 26.4 Å². The fraction of sp³-hybridized carbons (Fsp3) is 0.500. The zero-order valence-corrected chi connectivity index (χ0v) is 10.4. The van der Waals surface area contributed by atoms with E-state index in [0.717, 1.165) is 10.5 Å². The highest BCUT2D eigenvalue weighted by Crippen LogP contribution is 2.18. The van der Waals surface area contributed by atoms with Gasteiger partial charge in [-0.15, -0.1) is 0 Å². The van der Waals surface area contributed by atoms with Gasteiger partial charge < -0.3 is 11.1 Å². The summed E-state index contributed by atoms with van der Waals surface area (Å²) < 4.78 is 25.0. The molecular formula is C8H15N5O3S. The third kappa shape index (κ3) is 2.94. The van der Waals surface area contributed by atoms with E-state index in [0.29, 0.717) is 0 Å². The number of rotatable bonds is 5. The number of carbonyl (C=O) groups excluding carboxylic acids is 1. The molecule has 0 aromatic carbocycles. The summed E-state index contributed by atoms with van der Waals surface area (Å²) in [7, 11) is -0.825. The quantitative estimate of drug-likeness (QED) is 0.611. The second-order valence-electron chi connectivity index (χ2n) is 3.40. The second kappa shape index (κ2) is 5.15. The van der Waals surface area contributed by atoms with Gasteiger partial charge in [0.25, 0.3) is 0 Å². The van der Waals surface area contributed by atoms with Gasteiger partial charge in [-0.05, 0) is 0 Å². The predicted molar refractivity (Wildman–Crippen MR) is 61.5 cm³/mol. The molecule has 0 saturated heterocycles. The summed E-state index contributed by atoms with van der Waals surface area (Å²) in [5, 5.41) is 8.31. The molecule has 1 amide bonds. The molecule has 1 aromatic rings. The number of nitrogen functional groups attached to an aromatic ring is 1. The van der Waals surface area contributed by atoms with Crippen LogP contribution < -0.4 is 11.1 Å². The van der Waals surface area contributed by atoms with E-state index in [9.17, 15) is 13.2 Å². The van der Waals surface area contributed by atoms with Crippen molar-refractivity contribution in [3.63, 3.8) is 0 Å². The predicted octanol–water partition coefficient (Wildman–Crippen LogP) is -1.25. The number of aromatic nitrogens is 2. The zero-order chi connectivity index (χ0) is 13.1. The normalized spacial score (nSPS) is 11.7. The van der Waals surface area contributed by atoms with Crippen molar-refractivity contribution >= 4 is 21.7 Å². The van der Waals surface area contributed by atoms with Crippen LogP contribution in [-0.4, -0.2) is 49.5 Å². The van der Waals surface area contributed by atoms with E-state index in [1.807, 2.05) is 0 Å². The van der Waals surface area contributed by atoms with Gasteiger partial charge in [0.1, 0.15) is 10.7 Å². The van der Waals surface area contributed by atoms with Gasteiger partial charge in [-0.3, -0.25) is 9.89 Å². The van der Waals surface area contributed by atoms with Crippen molar-refractivity contribution in [2.24, 2.45) is 0 Å². The van der Waals surface area contributed by atoms with Crippen molar-refractivity contribution < 1.29 is 13.2 Å². The summed E-state index contributed by atoms with van der Waals surface area (Å²) >= 11 is 0. The Balaban J connectivity index is 2.78. The first-order chi connectivity index (χ1) is 7.89. The van der Waals surface area contributed by atoms with Crippen LogP contribution in [0.15, 0.2) is 11.1 Å². The molecule has 1 rings (SSSR count). The summed E-state index contributed by atoms with van der Waals surface area (Å²) in [5.74, 6) is -0.246. The van der Waals surface area contributed by atoms with Gasteiger partial charge in [-0.25, -0.2) is 12.7 Å². The van der Waals surface area contributed by atoms with Crippen LogP contribution >= 0.6 is 0 Å². The van der Waals surface area contributed by atoms with Gasteiger partial charge in [-0.1, -0.05) is 0 Å². The van der Waals surface area contributed by atoms with E-state index >= 15 is 0 Å². The van der Waals surface area contributed by atoms with E-state index in [1.54, 1.807) is 0 Å². The monoisotopic (exact) mass is 261 g/mol. The lowest BCUT2D eigenvalue weighted by atomic mass is 10.4. The number of hydrogen-bond acceptors (Lipinski definition) is 5. The largest absolute Gasteiger partial charge is 0.383 e. The summed E-state index contributed by atoms with van der Waals surface area (Å²) in [6.07, 6.45) is 1.23. The maximum atomic E-state index is 12.0. The van der Waals surface area contributed by atoms with Crippen LogP contribution in [0.3, 0.4) is 0 Å². The SMILES string of the molecule is CNC(=O)CCN(C)S(=O)(=O)c1cn[nH]c1N. The zero-order valence-electron chi connectivity index (χ0n) is 9.60. The maximum Gasteiger partial charge on any atom is 0.248 e. The molecule has 0 spiro atoms. The topological polar surface area (TPSA) is 121 Å². The number of carbonyl (C=O) groups is 1. The smallest absolute Gasteiger partial charge is 0.248 e. The van der Waals surface area contributed by atoms with Crippen molar-refractivity contribution in [2.45, 2.75) is 11.3 Å². The molecule has 0 aliphatic rings. The molecule has 8 nitrogen and oxygen atoms in total. The average molecular weight is 261 g/mol. The fourth-order valence-corrected chi connectivity index (χ4v) is 2.34. The lowest BCUT2D eigenvalue weighted by molar-refractivity contribution is -0.120. The second-order valence-corrected chi connectivity index (χ2v) is 5.41. The van der Waals surface area contributed by atoms with Gasteiger partial charge in [-0.2, -0.15) is 5.10 Å². The van der Waals surface area contributed by atoms with E-state index < -0.39 is 10.0 Å². The van der Waals surface area contributed by atoms with Crippen LogP contribution in [0.5, 0.6) is 0 Å². The number of hydrogen-bond donors (Lipinski definition) is 3. The van der Waals surface area contributed by atoms with Crippen molar-refractivity contribution in [1.82, 2.24) is 19.8 Å². The Morgan fingerprint density at radius 2 is 2.29 bits per heavy atom. The molecule has 4 N–H and O–H groups in total. The van der Waals surface area contributed by atoms with Crippen LogP contribution in [0, 0.1) is 0 Å². The van der Waals surface area contributed by atoms with E-state index in [1.165, 1.54) is 14.1 Å². The molecule has 0 radical (unpaired) electrons. The molecule has 0 aliphatic carbocycles. The number of amides is 1. The van der Waals surface area contributed by atoms with Gasteiger partial charge in [0.15, 0.2) is 0 Å². The molecule has 0 aliphatic heterocycles. The third-order valence-corrected chi connectivity index (χ3v) is 4.14. The first-order valence-corrected chi connectivity index (χ1v) is 6.29.